The molecule has 160 valence electrons. The first-order valence-corrected chi connectivity index (χ1v) is 11.4. The summed E-state index contributed by atoms with van der Waals surface area (Å²) in [5.41, 5.74) is 3.79. The number of likely N-dealkylation sites (tertiary alicyclic amines) is 1. The second-order valence-electron chi connectivity index (χ2n) is 9.19. The highest BCUT2D eigenvalue weighted by atomic mass is 16.5. The van der Waals surface area contributed by atoms with Gasteiger partial charge < -0.3 is 15.2 Å². The quantitative estimate of drug-likeness (QED) is 0.777. The molecule has 0 spiro atoms. The van der Waals surface area contributed by atoms with Crippen molar-refractivity contribution in [2.24, 2.45) is 0 Å². The summed E-state index contributed by atoms with van der Waals surface area (Å²) in [6.45, 7) is 5.96. The first-order chi connectivity index (χ1) is 14.7. The van der Waals surface area contributed by atoms with Crippen molar-refractivity contribution in [3.05, 3.63) is 35.4 Å². The van der Waals surface area contributed by atoms with Gasteiger partial charge in [-0.2, -0.15) is 0 Å². The lowest BCUT2D eigenvalue weighted by atomic mass is 9.95. The molecule has 2 N–H and O–H groups in total. The van der Waals surface area contributed by atoms with Crippen LogP contribution in [0.3, 0.4) is 0 Å². The minimum Gasteiger partial charge on any atom is -0.507 e. The maximum absolute atomic E-state index is 10.7. The molecule has 1 aliphatic carbocycles. The fourth-order valence-corrected chi connectivity index (χ4v) is 5.18. The third kappa shape index (κ3) is 4.03. The van der Waals surface area contributed by atoms with Crippen LogP contribution in [0.25, 0.3) is 11.3 Å². The average molecular weight is 409 g/mol. The van der Waals surface area contributed by atoms with Crippen LogP contribution in [-0.4, -0.2) is 58.6 Å². The fourth-order valence-electron chi connectivity index (χ4n) is 5.18. The molecule has 2 aliphatic heterocycles. The van der Waals surface area contributed by atoms with Gasteiger partial charge in [-0.05, 0) is 74.4 Å². The number of rotatable bonds is 5. The Balaban J connectivity index is 1.28. The van der Waals surface area contributed by atoms with E-state index < -0.39 is 0 Å². The summed E-state index contributed by atoms with van der Waals surface area (Å²) in [4.78, 5) is 2.53. The number of hydrogen-bond donors (Lipinski definition) is 2. The van der Waals surface area contributed by atoms with E-state index in [1.54, 1.807) is 0 Å². The predicted molar refractivity (Wildman–Crippen MR) is 118 cm³/mol. The summed E-state index contributed by atoms with van der Waals surface area (Å²) in [6, 6.07) is 9.11. The Labute approximate surface area is 178 Å². The fraction of sp³-hybridized carbons (Fsp3) is 0.583. The Morgan fingerprint density at radius 3 is 2.60 bits per heavy atom. The Kier molecular flexibility index (Phi) is 5.61. The smallest absolute Gasteiger partial charge is 0.149 e. The monoisotopic (exact) mass is 408 g/mol. The number of aromatic hydroxyl groups is 1. The highest BCUT2D eigenvalue weighted by Gasteiger charge is 2.30. The highest BCUT2D eigenvalue weighted by Crippen LogP contribution is 2.38. The normalized spacial score (nSPS) is 23.4. The summed E-state index contributed by atoms with van der Waals surface area (Å²) in [5.74, 6) is 1.71. The Bertz CT molecular complexity index is 893. The zero-order valence-electron chi connectivity index (χ0n) is 17.8. The van der Waals surface area contributed by atoms with Crippen molar-refractivity contribution < 1.29 is 9.84 Å². The largest absolute Gasteiger partial charge is 0.507 e. The van der Waals surface area contributed by atoms with Gasteiger partial charge in [-0.15, -0.1) is 10.2 Å². The lowest BCUT2D eigenvalue weighted by Gasteiger charge is -2.42. The summed E-state index contributed by atoms with van der Waals surface area (Å²) in [6.07, 6.45) is 7.38. The number of ether oxygens (including phenoxy) is 1. The summed E-state index contributed by atoms with van der Waals surface area (Å²) in [7, 11) is 0. The molecular formula is C24H32N4O2. The van der Waals surface area contributed by atoms with Crippen molar-refractivity contribution >= 4 is 5.82 Å². The van der Waals surface area contributed by atoms with E-state index in [4.69, 9.17) is 4.74 Å². The number of piperidine rings is 1. The summed E-state index contributed by atoms with van der Waals surface area (Å²) in [5, 5.41) is 23.2. The van der Waals surface area contributed by atoms with Crippen molar-refractivity contribution in [3.63, 3.8) is 0 Å². The maximum atomic E-state index is 10.7. The van der Waals surface area contributed by atoms with E-state index in [-0.39, 0.29) is 0 Å². The molecule has 6 heteroatoms. The molecule has 0 unspecified atom stereocenters. The second kappa shape index (κ2) is 8.52. The third-order valence-electron chi connectivity index (χ3n) is 7.03. The molecule has 1 aromatic carbocycles. The first-order valence-electron chi connectivity index (χ1n) is 11.4. The van der Waals surface area contributed by atoms with Crippen LogP contribution < -0.4 is 5.32 Å². The van der Waals surface area contributed by atoms with Gasteiger partial charge >= 0.3 is 0 Å². The van der Waals surface area contributed by atoms with Crippen molar-refractivity contribution in [1.29, 1.82) is 0 Å². The molecule has 6 nitrogen and oxygen atoms in total. The van der Waals surface area contributed by atoms with E-state index in [0.29, 0.717) is 23.8 Å². The number of hydrogen-bond acceptors (Lipinski definition) is 6. The number of aryl methyl sites for hydroxylation is 1. The number of nitrogens with one attached hydrogen (secondary N) is 1. The third-order valence-corrected chi connectivity index (χ3v) is 7.03. The number of phenols is 1. The molecule has 0 amide bonds. The molecule has 1 aromatic heterocycles. The van der Waals surface area contributed by atoms with Gasteiger partial charge in [0.05, 0.1) is 24.9 Å². The Hall–Kier alpha value is -2.18. The van der Waals surface area contributed by atoms with Crippen molar-refractivity contribution in [2.75, 3.05) is 31.6 Å². The molecular weight excluding hydrogens is 376 g/mol. The predicted octanol–water partition coefficient (Wildman–Crippen LogP) is 4.09. The van der Waals surface area contributed by atoms with Crippen LogP contribution in [0.15, 0.2) is 24.3 Å². The van der Waals surface area contributed by atoms with Gasteiger partial charge in [0.15, 0.2) is 0 Å². The molecule has 5 rings (SSSR count). The van der Waals surface area contributed by atoms with E-state index in [0.717, 1.165) is 55.4 Å². The average Bonchev–Trinajstić information content (AvgIpc) is 3.22. The zero-order valence-corrected chi connectivity index (χ0v) is 17.8. The number of aromatic nitrogens is 2. The van der Waals surface area contributed by atoms with Gasteiger partial charge in [0.1, 0.15) is 11.6 Å². The van der Waals surface area contributed by atoms with Crippen molar-refractivity contribution in [2.45, 2.75) is 63.5 Å². The van der Waals surface area contributed by atoms with E-state index in [1.807, 2.05) is 19.1 Å². The second-order valence-corrected chi connectivity index (χ2v) is 9.19. The molecule has 30 heavy (non-hydrogen) atoms. The van der Waals surface area contributed by atoms with E-state index in [2.05, 4.69) is 32.5 Å². The molecule has 1 atom stereocenters. The summed E-state index contributed by atoms with van der Waals surface area (Å²) < 4.78 is 5.35. The lowest BCUT2D eigenvalue weighted by Crippen LogP contribution is -2.54. The van der Waals surface area contributed by atoms with E-state index in [1.165, 1.54) is 37.7 Å². The number of phenolic OH excluding ortho intramolecular Hbond substituents is 1. The summed E-state index contributed by atoms with van der Waals surface area (Å²) >= 11 is 0. The number of nitrogens with zero attached hydrogens (tertiary/aromatic N) is 3. The Morgan fingerprint density at radius 2 is 1.90 bits per heavy atom. The lowest BCUT2D eigenvalue weighted by molar-refractivity contribution is -0.0710. The van der Waals surface area contributed by atoms with Gasteiger partial charge in [-0.3, -0.25) is 4.90 Å². The topological polar surface area (TPSA) is 70.5 Å². The first kappa shape index (κ1) is 19.8. The zero-order chi connectivity index (χ0) is 20.5. The molecule has 0 bridgehead atoms. The van der Waals surface area contributed by atoms with Crippen LogP contribution >= 0.6 is 0 Å². The molecule has 3 heterocycles. The van der Waals surface area contributed by atoms with Crippen molar-refractivity contribution in [3.8, 4) is 17.0 Å². The van der Waals surface area contributed by atoms with Crippen LogP contribution in [0.2, 0.25) is 0 Å². The van der Waals surface area contributed by atoms with Crippen molar-refractivity contribution in [1.82, 2.24) is 15.1 Å². The van der Waals surface area contributed by atoms with Crippen LogP contribution in [0.5, 0.6) is 5.75 Å². The Morgan fingerprint density at radius 1 is 1.07 bits per heavy atom. The van der Waals surface area contributed by atoms with Crippen LogP contribution in [0, 0.1) is 6.92 Å². The highest BCUT2D eigenvalue weighted by molar-refractivity contribution is 5.70. The molecule has 0 radical (unpaired) electrons. The van der Waals surface area contributed by atoms with Gasteiger partial charge in [0.25, 0.3) is 0 Å². The van der Waals surface area contributed by atoms with Crippen LogP contribution in [0.4, 0.5) is 5.82 Å². The van der Waals surface area contributed by atoms with Gasteiger partial charge in [-0.25, -0.2) is 0 Å². The van der Waals surface area contributed by atoms with Gasteiger partial charge in [0, 0.05) is 18.2 Å². The standard InChI is InChI=1S/C24H32N4O2/c1-16-11-23(25-19-7-4-10-28(13-19)20-14-30-15-20)26-27-24(16)21-9-8-18(12-22(21)29)17-5-2-3-6-17/h8-9,11-12,17,19-20,29H,2-7,10,13-15H2,1H3,(H,25,26)/t19-/m0/s1. The molecule has 3 aliphatic rings. The minimum absolute atomic E-state index is 0.308. The number of anilines is 1. The number of benzene rings is 1. The molecule has 2 saturated heterocycles. The SMILES string of the molecule is Cc1cc(N[C@H]2CCCN(C3COC3)C2)nnc1-c1ccc(C2CCCC2)cc1O. The molecule has 3 fully saturated rings. The van der Waals surface area contributed by atoms with E-state index >= 15 is 0 Å². The molecule has 1 saturated carbocycles. The van der Waals surface area contributed by atoms with Crippen LogP contribution in [-0.2, 0) is 4.74 Å². The van der Waals surface area contributed by atoms with E-state index in [9.17, 15) is 5.11 Å². The van der Waals surface area contributed by atoms with Gasteiger partial charge in [0.2, 0.25) is 0 Å². The van der Waals surface area contributed by atoms with Gasteiger partial charge in [-0.1, -0.05) is 18.9 Å². The minimum atomic E-state index is 0.308. The van der Waals surface area contributed by atoms with Crippen LogP contribution in [0.1, 0.15) is 55.6 Å². The maximum Gasteiger partial charge on any atom is 0.149 e. The molecule has 2 aromatic rings.